The fourth-order valence-corrected chi connectivity index (χ4v) is 2.89. The summed E-state index contributed by atoms with van der Waals surface area (Å²) in [5.41, 5.74) is 4.37. The van der Waals surface area contributed by atoms with Gasteiger partial charge in [0.05, 0.1) is 5.02 Å². The minimum Gasteiger partial charge on any atom is -0.310 e. The molecular weight excluding hydrogens is 285 g/mol. The molecule has 0 aromatic heterocycles. The highest BCUT2D eigenvalue weighted by atomic mass is 35.5. The molecular formula is C18H21ClFN. The number of rotatable bonds is 5. The van der Waals surface area contributed by atoms with E-state index >= 15 is 0 Å². The van der Waals surface area contributed by atoms with Crippen LogP contribution in [0, 0.1) is 19.7 Å². The highest BCUT2D eigenvalue weighted by Gasteiger charge is 2.18. The summed E-state index contributed by atoms with van der Waals surface area (Å²) in [7, 11) is 0. The number of aryl methyl sites for hydroxylation is 2. The smallest absolute Gasteiger partial charge is 0.146 e. The monoisotopic (exact) mass is 305 g/mol. The molecule has 0 spiro atoms. The van der Waals surface area contributed by atoms with Gasteiger partial charge in [0.15, 0.2) is 0 Å². The first-order valence-electron chi connectivity index (χ1n) is 7.27. The van der Waals surface area contributed by atoms with Crippen molar-refractivity contribution in [1.29, 1.82) is 0 Å². The first-order chi connectivity index (χ1) is 10.0. The maximum Gasteiger partial charge on any atom is 0.146 e. The molecule has 1 nitrogen and oxygen atoms in total. The summed E-state index contributed by atoms with van der Waals surface area (Å²) >= 11 is 5.92. The van der Waals surface area contributed by atoms with E-state index in [4.69, 9.17) is 11.6 Å². The van der Waals surface area contributed by atoms with Crippen molar-refractivity contribution in [2.45, 2.75) is 33.2 Å². The van der Waals surface area contributed by atoms with Crippen LogP contribution in [0.25, 0.3) is 0 Å². The molecule has 0 fully saturated rings. The first kappa shape index (κ1) is 16.0. The molecule has 2 aromatic carbocycles. The Morgan fingerprint density at radius 2 is 1.71 bits per heavy atom. The van der Waals surface area contributed by atoms with Crippen molar-refractivity contribution in [1.82, 2.24) is 5.32 Å². The fourth-order valence-electron chi connectivity index (χ4n) is 2.70. The molecule has 1 N–H and O–H groups in total. The molecule has 0 radical (unpaired) electrons. The standard InChI is InChI=1S/C18H21ClFN/c1-4-21-17(14-9-6-10-16(19)18(14)20)11-15-12(2)7-5-8-13(15)3/h5-10,17,21H,4,11H2,1-3H3. The van der Waals surface area contributed by atoms with Crippen molar-refractivity contribution in [2.75, 3.05) is 6.54 Å². The van der Waals surface area contributed by atoms with E-state index in [9.17, 15) is 4.39 Å². The Labute approximate surface area is 131 Å². The van der Waals surface area contributed by atoms with Crippen LogP contribution in [0.3, 0.4) is 0 Å². The number of hydrogen-bond donors (Lipinski definition) is 1. The zero-order valence-corrected chi connectivity index (χ0v) is 13.5. The highest BCUT2D eigenvalue weighted by molar-refractivity contribution is 6.30. The third-order valence-corrected chi connectivity index (χ3v) is 4.15. The topological polar surface area (TPSA) is 12.0 Å². The number of nitrogens with one attached hydrogen (secondary N) is 1. The SMILES string of the molecule is CCNC(Cc1c(C)cccc1C)c1cccc(Cl)c1F. The molecule has 0 aliphatic carbocycles. The summed E-state index contributed by atoms with van der Waals surface area (Å²) in [6, 6.07) is 11.4. The predicted molar refractivity (Wildman–Crippen MR) is 87.4 cm³/mol. The van der Waals surface area contributed by atoms with Crippen molar-refractivity contribution in [3.8, 4) is 0 Å². The second-order valence-corrected chi connectivity index (χ2v) is 5.73. The van der Waals surface area contributed by atoms with Gasteiger partial charge in [-0.05, 0) is 49.6 Å². The predicted octanol–water partition coefficient (Wildman–Crippen LogP) is 4.99. The molecule has 21 heavy (non-hydrogen) atoms. The van der Waals surface area contributed by atoms with E-state index < -0.39 is 0 Å². The van der Waals surface area contributed by atoms with Crippen LogP contribution in [-0.2, 0) is 6.42 Å². The van der Waals surface area contributed by atoms with Crippen LogP contribution < -0.4 is 5.32 Å². The van der Waals surface area contributed by atoms with E-state index in [-0.39, 0.29) is 16.9 Å². The summed E-state index contributed by atoms with van der Waals surface area (Å²) in [4.78, 5) is 0. The molecule has 1 unspecified atom stereocenters. The largest absolute Gasteiger partial charge is 0.310 e. The Hall–Kier alpha value is -1.38. The zero-order valence-electron chi connectivity index (χ0n) is 12.7. The highest BCUT2D eigenvalue weighted by Crippen LogP contribution is 2.27. The van der Waals surface area contributed by atoms with Gasteiger partial charge in [-0.1, -0.05) is 48.9 Å². The van der Waals surface area contributed by atoms with Gasteiger partial charge in [-0.3, -0.25) is 0 Å². The normalized spacial score (nSPS) is 12.4. The van der Waals surface area contributed by atoms with Crippen LogP contribution in [0.1, 0.15) is 35.2 Å². The van der Waals surface area contributed by atoms with Gasteiger partial charge in [0, 0.05) is 11.6 Å². The van der Waals surface area contributed by atoms with Gasteiger partial charge in [-0.25, -0.2) is 4.39 Å². The van der Waals surface area contributed by atoms with Crippen LogP contribution in [-0.4, -0.2) is 6.54 Å². The third kappa shape index (κ3) is 3.63. The third-order valence-electron chi connectivity index (χ3n) is 3.86. The molecule has 0 saturated carbocycles. The van der Waals surface area contributed by atoms with Gasteiger partial charge in [0.2, 0.25) is 0 Å². The van der Waals surface area contributed by atoms with E-state index in [0.717, 1.165) is 13.0 Å². The molecule has 1 atom stereocenters. The Bertz CT molecular complexity index is 604. The quantitative estimate of drug-likeness (QED) is 0.820. The van der Waals surface area contributed by atoms with Gasteiger partial charge in [0.25, 0.3) is 0 Å². The summed E-state index contributed by atoms with van der Waals surface area (Å²) < 4.78 is 14.3. The van der Waals surface area contributed by atoms with Crippen molar-refractivity contribution in [3.63, 3.8) is 0 Å². The van der Waals surface area contributed by atoms with Crippen LogP contribution in [0.15, 0.2) is 36.4 Å². The molecule has 0 amide bonds. The number of hydrogen-bond acceptors (Lipinski definition) is 1. The van der Waals surface area contributed by atoms with Crippen LogP contribution >= 0.6 is 11.6 Å². The number of benzene rings is 2. The maximum absolute atomic E-state index is 14.3. The lowest BCUT2D eigenvalue weighted by atomic mass is 9.92. The van der Waals surface area contributed by atoms with Crippen molar-refractivity contribution < 1.29 is 4.39 Å². The number of halogens is 2. The Kier molecular flexibility index (Phi) is 5.38. The molecule has 2 aromatic rings. The second-order valence-electron chi connectivity index (χ2n) is 5.33. The van der Waals surface area contributed by atoms with E-state index in [1.807, 2.05) is 13.0 Å². The van der Waals surface area contributed by atoms with Crippen LogP contribution in [0.5, 0.6) is 0 Å². The Balaban J connectivity index is 2.38. The van der Waals surface area contributed by atoms with E-state index in [0.29, 0.717) is 5.56 Å². The molecule has 0 aliphatic rings. The average Bonchev–Trinajstić information content (AvgIpc) is 2.45. The van der Waals surface area contributed by atoms with E-state index in [1.165, 1.54) is 16.7 Å². The molecule has 0 aliphatic heterocycles. The minimum atomic E-state index is -0.323. The zero-order chi connectivity index (χ0) is 15.4. The molecule has 112 valence electrons. The van der Waals surface area contributed by atoms with Crippen LogP contribution in [0.2, 0.25) is 5.02 Å². The van der Waals surface area contributed by atoms with Crippen molar-refractivity contribution >= 4 is 11.6 Å². The molecule has 3 heteroatoms. The second kappa shape index (κ2) is 7.06. The molecule has 0 heterocycles. The Morgan fingerprint density at radius 3 is 2.33 bits per heavy atom. The van der Waals surface area contributed by atoms with Gasteiger partial charge in [-0.15, -0.1) is 0 Å². The first-order valence-corrected chi connectivity index (χ1v) is 7.64. The summed E-state index contributed by atoms with van der Waals surface area (Å²) in [5.74, 6) is -0.323. The molecule has 2 rings (SSSR count). The fraction of sp³-hybridized carbons (Fsp3) is 0.333. The molecule has 0 bridgehead atoms. The Morgan fingerprint density at radius 1 is 1.10 bits per heavy atom. The van der Waals surface area contributed by atoms with Crippen molar-refractivity contribution in [3.05, 3.63) is 69.5 Å². The number of likely N-dealkylation sites (N-methyl/N-ethyl adjacent to an activating group) is 1. The van der Waals surface area contributed by atoms with E-state index in [1.54, 1.807) is 12.1 Å². The van der Waals surface area contributed by atoms with Gasteiger partial charge >= 0.3 is 0 Å². The minimum absolute atomic E-state index is 0.0755. The average molecular weight is 306 g/mol. The summed E-state index contributed by atoms with van der Waals surface area (Å²) in [6.07, 6.45) is 0.754. The van der Waals surface area contributed by atoms with Crippen molar-refractivity contribution in [2.24, 2.45) is 0 Å². The molecule has 0 saturated heterocycles. The summed E-state index contributed by atoms with van der Waals surface area (Å²) in [5, 5.41) is 3.55. The van der Waals surface area contributed by atoms with Gasteiger partial charge < -0.3 is 5.32 Å². The maximum atomic E-state index is 14.3. The lowest BCUT2D eigenvalue weighted by Gasteiger charge is -2.21. The van der Waals surface area contributed by atoms with Gasteiger partial charge in [-0.2, -0.15) is 0 Å². The lowest BCUT2D eigenvalue weighted by molar-refractivity contribution is 0.509. The van der Waals surface area contributed by atoms with Gasteiger partial charge in [0.1, 0.15) is 5.82 Å². The lowest BCUT2D eigenvalue weighted by Crippen LogP contribution is -2.24. The van der Waals surface area contributed by atoms with E-state index in [2.05, 4.69) is 37.4 Å². The van der Waals surface area contributed by atoms with Crippen LogP contribution in [0.4, 0.5) is 4.39 Å². The summed E-state index contributed by atoms with van der Waals surface area (Å²) in [6.45, 7) is 7.00.